The predicted octanol–water partition coefficient (Wildman–Crippen LogP) is 1.47. The molecule has 0 spiro atoms. The Bertz CT molecular complexity index is 931. The molecule has 8 nitrogen and oxygen atoms in total. The number of hydrogen-bond donors (Lipinski definition) is 3. The molecule has 1 saturated heterocycles. The van der Waals surface area contributed by atoms with Crippen LogP contribution in [0.3, 0.4) is 0 Å². The molecule has 29 heavy (non-hydrogen) atoms. The molecule has 9 heteroatoms. The molecule has 152 valence electrons. The van der Waals surface area contributed by atoms with Crippen molar-refractivity contribution in [3.63, 3.8) is 0 Å². The van der Waals surface area contributed by atoms with E-state index in [0.717, 1.165) is 17.7 Å². The standard InChI is InChI=1S/C20H25N7OS/c21-14-27-18(22)7-8-19(23-27)25-9-11-26(12-10-25)20(28)13-15-1-5-17(6-2-15)29-24-16-3-4-16/h1-2,5-8,14,16,21-22,24H,3-4,9-13H2. The van der Waals surface area contributed by atoms with Gasteiger partial charge in [-0.05, 0) is 54.6 Å². The highest BCUT2D eigenvalue weighted by atomic mass is 32.2. The molecule has 0 bridgehead atoms. The van der Waals surface area contributed by atoms with Crippen LogP contribution in [0.2, 0.25) is 0 Å². The molecule has 1 aliphatic heterocycles. The Kier molecular flexibility index (Phi) is 5.96. The van der Waals surface area contributed by atoms with Gasteiger partial charge in [-0.2, -0.15) is 0 Å². The third kappa shape index (κ3) is 5.04. The summed E-state index contributed by atoms with van der Waals surface area (Å²) in [5, 5.41) is 19.3. The van der Waals surface area contributed by atoms with Crippen LogP contribution in [0.5, 0.6) is 0 Å². The zero-order valence-corrected chi connectivity index (χ0v) is 17.0. The van der Waals surface area contributed by atoms with Crippen molar-refractivity contribution in [1.82, 2.24) is 19.4 Å². The highest BCUT2D eigenvalue weighted by molar-refractivity contribution is 7.97. The van der Waals surface area contributed by atoms with Gasteiger partial charge >= 0.3 is 0 Å². The van der Waals surface area contributed by atoms with Crippen LogP contribution < -0.4 is 15.1 Å². The molecule has 0 atom stereocenters. The Morgan fingerprint density at radius 1 is 1.14 bits per heavy atom. The van der Waals surface area contributed by atoms with E-state index in [0.29, 0.717) is 38.6 Å². The summed E-state index contributed by atoms with van der Waals surface area (Å²) in [6, 6.07) is 12.3. The Labute approximate surface area is 174 Å². The van der Waals surface area contributed by atoms with Crippen molar-refractivity contribution in [2.45, 2.75) is 30.2 Å². The van der Waals surface area contributed by atoms with Crippen LogP contribution in [0.4, 0.5) is 5.82 Å². The van der Waals surface area contributed by atoms with Gasteiger partial charge in [-0.25, -0.2) is 4.68 Å². The zero-order chi connectivity index (χ0) is 20.2. The van der Waals surface area contributed by atoms with E-state index in [1.165, 1.54) is 22.4 Å². The summed E-state index contributed by atoms with van der Waals surface area (Å²) in [4.78, 5) is 17.8. The molecule has 0 unspecified atom stereocenters. The van der Waals surface area contributed by atoms with E-state index in [2.05, 4.69) is 26.9 Å². The van der Waals surface area contributed by atoms with Gasteiger partial charge in [0.15, 0.2) is 0 Å². The first-order chi connectivity index (χ1) is 14.1. The minimum absolute atomic E-state index is 0.144. The minimum Gasteiger partial charge on any atom is -0.352 e. The van der Waals surface area contributed by atoms with Gasteiger partial charge in [-0.3, -0.25) is 20.3 Å². The first kappa shape index (κ1) is 19.7. The highest BCUT2D eigenvalue weighted by Crippen LogP contribution is 2.25. The van der Waals surface area contributed by atoms with Crippen LogP contribution in [0.25, 0.3) is 0 Å². The third-order valence-electron chi connectivity index (χ3n) is 5.13. The van der Waals surface area contributed by atoms with Crippen LogP contribution >= 0.6 is 11.9 Å². The number of nitrogens with zero attached hydrogens (tertiary/aromatic N) is 4. The summed E-state index contributed by atoms with van der Waals surface area (Å²) in [6.45, 7) is 2.67. The van der Waals surface area contributed by atoms with Crippen molar-refractivity contribution in [2.75, 3.05) is 31.1 Å². The fraction of sp³-hybridized carbons (Fsp3) is 0.400. The van der Waals surface area contributed by atoms with E-state index in [4.69, 9.17) is 10.8 Å². The largest absolute Gasteiger partial charge is 0.352 e. The summed E-state index contributed by atoms with van der Waals surface area (Å²) in [5.74, 6) is 0.870. The third-order valence-corrected chi connectivity index (χ3v) is 6.08. The molecule has 0 radical (unpaired) electrons. The Morgan fingerprint density at radius 3 is 2.52 bits per heavy atom. The van der Waals surface area contributed by atoms with E-state index in [1.54, 1.807) is 24.1 Å². The van der Waals surface area contributed by atoms with Gasteiger partial charge in [0.25, 0.3) is 0 Å². The number of carbonyl (C=O) groups excluding carboxylic acids is 1. The number of hydrogen-bond acceptors (Lipinski definition) is 7. The molecular formula is C20H25N7OS. The molecule has 2 fully saturated rings. The molecule has 2 heterocycles. The van der Waals surface area contributed by atoms with Crippen molar-refractivity contribution in [1.29, 1.82) is 10.8 Å². The molecule has 1 amide bonds. The molecule has 2 aromatic rings. The van der Waals surface area contributed by atoms with E-state index < -0.39 is 0 Å². The summed E-state index contributed by atoms with van der Waals surface area (Å²) >= 11 is 1.66. The van der Waals surface area contributed by atoms with Gasteiger partial charge in [-0.1, -0.05) is 12.1 Å². The van der Waals surface area contributed by atoms with Crippen molar-refractivity contribution < 1.29 is 4.79 Å². The molecular weight excluding hydrogens is 386 g/mol. The topological polar surface area (TPSA) is 101 Å². The summed E-state index contributed by atoms with van der Waals surface area (Å²) < 4.78 is 4.65. The Morgan fingerprint density at radius 2 is 1.86 bits per heavy atom. The Hall–Kier alpha value is -2.65. The van der Waals surface area contributed by atoms with Gasteiger partial charge in [0.2, 0.25) is 5.91 Å². The number of benzene rings is 1. The number of aromatic nitrogens is 2. The Balaban J connectivity index is 1.28. The number of nitrogens with one attached hydrogen (secondary N) is 3. The van der Waals surface area contributed by atoms with Crippen LogP contribution in [0, 0.1) is 10.8 Å². The van der Waals surface area contributed by atoms with E-state index in [9.17, 15) is 4.79 Å². The average molecular weight is 412 g/mol. The fourth-order valence-electron chi connectivity index (χ4n) is 3.19. The number of anilines is 1. The molecule has 4 rings (SSSR count). The summed E-state index contributed by atoms with van der Waals surface area (Å²) in [7, 11) is 0. The quantitative estimate of drug-likeness (QED) is 0.364. The van der Waals surface area contributed by atoms with Crippen LogP contribution in [-0.4, -0.2) is 59.1 Å². The van der Waals surface area contributed by atoms with E-state index >= 15 is 0 Å². The van der Waals surface area contributed by atoms with Gasteiger partial charge in [0.1, 0.15) is 17.6 Å². The maximum atomic E-state index is 12.7. The maximum Gasteiger partial charge on any atom is 0.227 e. The van der Waals surface area contributed by atoms with Crippen molar-refractivity contribution in [2.24, 2.45) is 0 Å². The molecule has 2 aliphatic rings. The molecule has 1 aromatic carbocycles. The fourth-order valence-corrected chi connectivity index (χ4v) is 4.00. The zero-order valence-electron chi connectivity index (χ0n) is 16.2. The van der Waals surface area contributed by atoms with Crippen LogP contribution in [-0.2, 0) is 11.2 Å². The monoisotopic (exact) mass is 411 g/mol. The van der Waals surface area contributed by atoms with Gasteiger partial charge in [-0.15, -0.1) is 5.10 Å². The summed E-state index contributed by atoms with van der Waals surface area (Å²) in [5.41, 5.74) is 1.21. The molecule has 3 N–H and O–H groups in total. The first-order valence-corrected chi connectivity index (χ1v) is 10.6. The second-order valence-electron chi connectivity index (χ2n) is 7.33. The maximum absolute atomic E-state index is 12.7. The normalized spacial score (nSPS) is 16.7. The van der Waals surface area contributed by atoms with E-state index in [-0.39, 0.29) is 11.4 Å². The van der Waals surface area contributed by atoms with Crippen molar-refractivity contribution in [3.8, 4) is 0 Å². The molecule has 1 aliphatic carbocycles. The number of piperazine rings is 1. The second-order valence-corrected chi connectivity index (χ2v) is 8.24. The SMILES string of the molecule is N=Cn1nc(N2CCN(C(=O)Cc3ccc(SNC4CC4)cc3)CC2)ccc1=N. The average Bonchev–Trinajstić information content (AvgIpc) is 3.58. The van der Waals surface area contributed by atoms with Gasteiger partial charge < -0.3 is 9.80 Å². The first-order valence-electron chi connectivity index (χ1n) is 9.81. The predicted molar refractivity (Wildman–Crippen MR) is 113 cm³/mol. The van der Waals surface area contributed by atoms with E-state index in [1.807, 2.05) is 17.0 Å². The lowest BCUT2D eigenvalue weighted by Crippen LogP contribution is -2.49. The van der Waals surface area contributed by atoms with Crippen molar-refractivity contribution in [3.05, 3.63) is 47.4 Å². The smallest absolute Gasteiger partial charge is 0.227 e. The minimum atomic E-state index is 0.144. The van der Waals surface area contributed by atoms with Crippen LogP contribution in [0.15, 0.2) is 41.3 Å². The van der Waals surface area contributed by atoms with Gasteiger partial charge in [0.05, 0.1) is 6.42 Å². The number of rotatable bonds is 7. The highest BCUT2D eigenvalue weighted by Gasteiger charge is 2.23. The lowest BCUT2D eigenvalue weighted by atomic mass is 10.1. The van der Waals surface area contributed by atoms with Gasteiger partial charge in [0, 0.05) is 37.1 Å². The van der Waals surface area contributed by atoms with Crippen molar-refractivity contribution >= 4 is 30.0 Å². The molecule has 1 saturated carbocycles. The molecule has 1 aromatic heterocycles. The number of carbonyl (C=O) groups is 1. The number of amides is 1. The second kappa shape index (κ2) is 8.79. The summed E-state index contributed by atoms with van der Waals surface area (Å²) in [6.07, 6.45) is 3.97. The lowest BCUT2D eigenvalue weighted by molar-refractivity contribution is -0.130. The van der Waals surface area contributed by atoms with Crippen LogP contribution in [0.1, 0.15) is 18.4 Å². The lowest BCUT2D eigenvalue weighted by Gasteiger charge is -2.35.